The van der Waals surface area contributed by atoms with E-state index in [-0.39, 0.29) is 11.9 Å². The molecule has 24 heavy (non-hydrogen) atoms. The van der Waals surface area contributed by atoms with Crippen molar-refractivity contribution in [2.45, 2.75) is 45.6 Å². The second kappa shape index (κ2) is 6.08. The van der Waals surface area contributed by atoms with Crippen LogP contribution in [0.5, 0.6) is 0 Å². The number of hydrogen-bond donors (Lipinski definition) is 1. The maximum Gasteiger partial charge on any atom is 0.251 e. The van der Waals surface area contributed by atoms with Crippen molar-refractivity contribution in [2.75, 3.05) is 0 Å². The summed E-state index contributed by atoms with van der Waals surface area (Å²) in [7, 11) is 0. The first kappa shape index (κ1) is 15.4. The largest absolute Gasteiger partial charge is 0.349 e. The zero-order valence-corrected chi connectivity index (χ0v) is 14.4. The molecule has 2 aromatic rings. The number of benzene rings is 1. The lowest BCUT2D eigenvalue weighted by molar-refractivity contribution is 0.0915. The zero-order chi connectivity index (χ0) is 16.7. The summed E-state index contributed by atoms with van der Waals surface area (Å²) in [6.07, 6.45) is 9.07. The Kier molecular flexibility index (Phi) is 3.91. The van der Waals surface area contributed by atoms with Gasteiger partial charge in [0.2, 0.25) is 0 Å². The third kappa shape index (κ3) is 2.74. The lowest BCUT2D eigenvalue weighted by Crippen LogP contribution is -2.40. The standard InChI is InChI=1S/C20H25N3O/c1-13-4-6-17(12-19(13)23-9-3-8-21-23)20(24)22-14(2)18-11-15-5-7-16(18)10-15/h3-4,6,8-9,12,14-16,18H,5,7,10-11H2,1-2H3,(H,22,24). The van der Waals surface area contributed by atoms with Gasteiger partial charge in [-0.15, -0.1) is 0 Å². The number of hydrogen-bond acceptors (Lipinski definition) is 2. The predicted molar refractivity (Wildman–Crippen MR) is 94.2 cm³/mol. The molecule has 1 heterocycles. The molecule has 1 N–H and O–H groups in total. The van der Waals surface area contributed by atoms with Crippen molar-refractivity contribution in [3.05, 3.63) is 47.8 Å². The average molecular weight is 323 g/mol. The van der Waals surface area contributed by atoms with Crippen LogP contribution in [0.3, 0.4) is 0 Å². The van der Waals surface area contributed by atoms with Crippen molar-refractivity contribution in [3.8, 4) is 5.69 Å². The Morgan fingerprint density at radius 3 is 2.88 bits per heavy atom. The first-order valence-electron chi connectivity index (χ1n) is 9.03. The van der Waals surface area contributed by atoms with Gasteiger partial charge in [0.15, 0.2) is 0 Å². The van der Waals surface area contributed by atoms with Crippen LogP contribution in [0.1, 0.15) is 48.5 Å². The Labute approximate surface area is 143 Å². The van der Waals surface area contributed by atoms with Gasteiger partial charge in [0.05, 0.1) is 5.69 Å². The summed E-state index contributed by atoms with van der Waals surface area (Å²) in [5, 5.41) is 7.53. The molecule has 2 bridgehead atoms. The summed E-state index contributed by atoms with van der Waals surface area (Å²) in [5.41, 5.74) is 2.78. The number of nitrogens with one attached hydrogen (secondary N) is 1. The number of rotatable bonds is 4. The molecule has 1 amide bonds. The Morgan fingerprint density at radius 1 is 1.33 bits per heavy atom. The summed E-state index contributed by atoms with van der Waals surface area (Å²) in [6, 6.07) is 7.98. The van der Waals surface area contributed by atoms with Gasteiger partial charge >= 0.3 is 0 Å². The Balaban J connectivity index is 1.49. The Bertz CT molecular complexity index is 737. The number of aromatic nitrogens is 2. The minimum Gasteiger partial charge on any atom is -0.349 e. The molecule has 1 aromatic heterocycles. The maximum atomic E-state index is 12.7. The molecule has 0 radical (unpaired) electrons. The molecule has 4 nitrogen and oxygen atoms in total. The van der Waals surface area contributed by atoms with E-state index in [9.17, 15) is 4.79 Å². The van der Waals surface area contributed by atoms with Gasteiger partial charge in [-0.2, -0.15) is 5.10 Å². The minimum absolute atomic E-state index is 0.0266. The maximum absolute atomic E-state index is 12.7. The smallest absolute Gasteiger partial charge is 0.251 e. The van der Waals surface area contributed by atoms with Crippen LogP contribution >= 0.6 is 0 Å². The van der Waals surface area contributed by atoms with Gasteiger partial charge in [0.25, 0.3) is 5.91 Å². The highest BCUT2D eigenvalue weighted by Gasteiger charge is 2.42. The number of nitrogens with zero attached hydrogens (tertiary/aromatic N) is 2. The molecule has 4 atom stereocenters. The zero-order valence-electron chi connectivity index (χ0n) is 14.4. The van der Waals surface area contributed by atoms with Gasteiger partial charge in [-0.1, -0.05) is 12.5 Å². The van der Waals surface area contributed by atoms with Gasteiger partial charge in [0, 0.05) is 24.0 Å². The van der Waals surface area contributed by atoms with Crippen LogP contribution in [-0.2, 0) is 0 Å². The van der Waals surface area contributed by atoms with E-state index in [0.717, 1.165) is 23.1 Å². The molecule has 4 unspecified atom stereocenters. The van der Waals surface area contributed by atoms with Crippen LogP contribution in [0.25, 0.3) is 5.69 Å². The van der Waals surface area contributed by atoms with E-state index >= 15 is 0 Å². The monoisotopic (exact) mass is 323 g/mol. The summed E-state index contributed by atoms with van der Waals surface area (Å²) >= 11 is 0. The third-order valence-electron chi connectivity index (χ3n) is 6.02. The quantitative estimate of drug-likeness (QED) is 0.932. The molecule has 0 spiro atoms. The number of carbonyl (C=O) groups excluding carboxylic acids is 1. The van der Waals surface area contributed by atoms with Gasteiger partial charge < -0.3 is 5.32 Å². The highest BCUT2D eigenvalue weighted by atomic mass is 16.1. The molecule has 126 valence electrons. The van der Waals surface area contributed by atoms with Crippen LogP contribution < -0.4 is 5.32 Å². The molecule has 4 rings (SSSR count). The normalized spacial score (nSPS) is 26.5. The molecular formula is C20H25N3O. The van der Waals surface area contributed by atoms with Crippen molar-refractivity contribution < 1.29 is 4.79 Å². The van der Waals surface area contributed by atoms with Crippen LogP contribution in [0.2, 0.25) is 0 Å². The van der Waals surface area contributed by atoms with Crippen molar-refractivity contribution in [2.24, 2.45) is 17.8 Å². The molecule has 2 fully saturated rings. The van der Waals surface area contributed by atoms with E-state index in [1.54, 1.807) is 6.20 Å². The van der Waals surface area contributed by atoms with E-state index in [2.05, 4.69) is 17.3 Å². The Hall–Kier alpha value is -2.10. The first-order chi connectivity index (χ1) is 11.6. The first-order valence-corrected chi connectivity index (χ1v) is 9.03. The highest BCUT2D eigenvalue weighted by molar-refractivity contribution is 5.95. The van der Waals surface area contributed by atoms with Crippen molar-refractivity contribution >= 4 is 5.91 Å². The molecule has 2 saturated carbocycles. The number of fused-ring (bicyclic) bond motifs is 2. The van der Waals surface area contributed by atoms with Crippen LogP contribution in [0.15, 0.2) is 36.7 Å². The summed E-state index contributed by atoms with van der Waals surface area (Å²) in [6.45, 7) is 4.21. The SMILES string of the molecule is Cc1ccc(C(=O)NC(C)C2CC3CCC2C3)cc1-n1cccn1. The van der Waals surface area contributed by atoms with E-state index in [0.29, 0.717) is 11.5 Å². The van der Waals surface area contributed by atoms with E-state index < -0.39 is 0 Å². The molecule has 0 saturated heterocycles. The molecule has 2 aliphatic carbocycles. The summed E-state index contributed by atoms with van der Waals surface area (Å²) in [4.78, 5) is 12.7. The average Bonchev–Trinajstić information content (AvgIpc) is 3.32. The van der Waals surface area contributed by atoms with E-state index in [4.69, 9.17) is 0 Å². The van der Waals surface area contributed by atoms with Crippen molar-refractivity contribution in [1.82, 2.24) is 15.1 Å². The van der Waals surface area contributed by atoms with Crippen LogP contribution in [0.4, 0.5) is 0 Å². The van der Waals surface area contributed by atoms with Crippen molar-refractivity contribution in [1.29, 1.82) is 0 Å². The lowest BCUT2D eigenvalue weighted by Gasteiger charge is -2.28. The van der Waals surface area contributed by atoms with Crippen LogP contribution in [0, 0.1) is 24.7 Å². The summed E-state index contributed by atoms with van der Waals surface area (Å²) in [5.74, 6) is 2.41. The fourth-order valence-corrected chi connectivity index (χ4v) is 4.71. The fraction of sp³-hybridized carbons (Fsp3) is 0.500. The van der Waals surface area contributed by atoms with Gasteiger partial charge in [-0.3, -0.25) is 4.79 Å². The molecule has 0 aliphatic heterocycles. The van der Waals surface area contributed by atoms with E-state index in [1.165, 1.54) is 25.7 Å². The predicted octanol–water partition coefficient (Wildman–Crippen LogP) is 3.74. The summed E-state index contributed by atoms with van der Waals surface area (Å²) < 4.78 is 1.81. The topological polar surface area (TPSA) is 46.9 Å². The van der Waals surface area contributed by atoms with Crippen LogP contribution in [-0.4, -0.2) is 21.7 Å². The lowest BCUT2D eigenvalue weighted by atomic mass is 9.84. The number of amides is 1. The highest BCUT2D eigenvalue weighted by Crippen LogP contribution is 2.49. The fourth-order valence-electron chi connectivity index (χ4n) is 4.71. The van der Waals surface area contributed by atoms with E-state index in [1.807, 2.05) is 42.1 Å². The van der Waals surface area contributed by atoms with Crippen molar-refractivity contribution in [3.63, 3.8) is 0 Å². The molecule has 4 heteroatoms. The second-order valence-corrected chi connectivity index (χ2v) is 7.55. The number of carbonyl (C=O) groups is 1. The number of aryl methyl sites for hydroxylation is 1. The van der Waals surface area contributed by atoms with Gasteiger partial charge in [-0.05, 0) is 74.6 Å². The van der Waals surface area contributed by atoms with Gasteiger partial charge in [0.1, 0.15) is 0 Å². The second-order valence-electron chi connectivity index (χ2n) is 7.55. The third-order valence-corrected chi connectivity index (χ3v) is 6.02. The molecule has 1 aromatic carbocycles. The molecule has 2 aliphatic rings. The van der Waals surface area contributed by atoms with Gasteiger partial charge in [-0.25, -0.2) is 4.68 Å². The minimum atomic E-state index is 0.0266. The molecular weight excluding hydrogens is 298 g/mol. The Morgan fingerprint density at radius 2 is 2.21 bits per heavy atom.